The number of rotatable bonds is 8. The lowest BCUT2D eigenvalue weighted by molar-refractivity contribution is -0.143. The fourth-order valence-corrected chi connectivity index (χ4v) is 1.92. The Morgan fingerprint density at radius 3 is 2.39 bits per heavy atom. The van der Waals surface area contributed by atoms with Crippen LogP contribution in [0.1, 0.15) is 30.6 Å². The summed E-state index contributed by atoms with van der Waals surface area (Å²) in [7, 11) is 0. The molecule has 0 aromatic heterocycles. The number of benzene rings is 1. The lowest BCUT2D eigenvalue weighted by atomic mass is 10.2. The number of carbonyl (C=O) groups is 3. The second-order valence-corrected chi connectivity index (χ2v) is 4.84. The Morgan fingerprint density at radius 1 is 1.17 bits per heavy atom. The van der Waals surface area contributed by atoms with Gasteiger partial charge >= 0.3 is 5.97 Å². The van der Waals surface area contributed by atoms with E-state index in [9.17, 15) is 18.8 Å². The maximum Gasteiger partial charge on any atom is 0.307 e. The van der Waals surface area contributed by atoms with Crippen molar-refractivity contribution in [3.05, 3.63) is 35.6 Å². The fourth-order valence-electron chi connectivity index (χ4n) is 1.92. The van der Waals surface area contributed by atoms with Crippen molar-refractivity contribution in [2.75, 3.05) is 26.2 Å². The van der Waals surface area contributed by atoms with Crippen LogP contribution in [0, 0.1) is 5.82 Å². The van der Waals surface area contributed by atoms with Crippen molar-refractivity contribution in [1.29, 1.82) is 0 Å². The lowest BCUT2D eigenvalue weighted by Crippen LogP contribution is -2.39. The fraction of sp³-hybridized carbons (Fsp3) is 0.438. The molecule has 0 radical (unpaired) electrons. The average Bonchev–Trinajstić information content (AvgIpc) is 2.50. The molecule has 1 rings (SSSR count). The predicted octanol–water partition coefficient (Wildman–Crippen LogP) is 1.36. The van der Waals surface area contributed by atoms with E-state index >= 15 is 0 Å². The van der Waals surface area contributed by atoms with Gasteiger partial charge in [0.1, 0.15) is 5.82 Å². The molecule has 126 valence electrons. The second-order valence-electron chi connectivity index (χ2n) is 4.84. The van der Waals surface area contributed by atoms with Crippen molar-refractivity contribution in [2.45, 2.75) is 20.3 Å². The van der Waals surface area contributed by atoms with Gasteiger partial charge in [0.15, 0.2) is 0 Å². The Bertz CT molecular complexity index is 546. The smallest absolute Gasteiger partial charge is 0.307 e. The summed E-state index contributed by atoms with van der Waals surface area (Å²) in [6.45, 7) is 4.03. The molecular formula is C16H21FN2O4. The van der Waals surface area contributed by atoms with E-state index in [1.54, 1.807) is 6.92 Å². The number of amides is 2. The molecule has 0 aliphatic rings. The van der Waals surface area contributed by atoms with Gasteiger partial charge in [0.25, 0.3) is 5.91 Å². The minimum atomic E-state index is -0.433. The van der Waals surface area contributed by atoms with Gasteiger partial charge in [0.05, 0.1) is 13.0 Å². The molecule has 0 bridgehead atoms. The Balaban J connectivity index is 2.71. The highest BCUT2D eigenvalue weighted by atomic mass is 19.1. The average molecular weight is 324 g/mol. The number of carbonyl (C=O) groups excluding carboxylic acids is 3. The number of ether oxygens (including phenoxy) is 1. The summed E-state index contributed by atoms with van der Waals surface area (Å²) in [5, 5.41) is 2.60. The second kappa shape index (κ2) is 9.55. The van der Waals surface area contributed by atoms with Gasteiger partial charge < -0.3 is 15.0 Å². The van der Waals surface area contributed by atoms with Gasteiger partial charge in [-0.25, -0.2) is 4.39 Å². The molecule has 23 heavy (non-hydrogen) atoms. The highest BCUT2D eigenvalue weighted by Gasteiger charge is 2.17. The van der Waals surface area contributed by atoms with Crippen LogP contribution in [-0.2, 0) is 14.3 Å². The largest absolute Gasteiger partial charge is 0.466 e. The molecule has 2 amide bonds. The van der Waals surface area contributed by atoms with Crippen LogP contribution in [0.5, 0.6) is 0 Å². The molecule has 0 saturated heterocycles. The maximum absolute atomic E-state index is 12.9. The van der Waals surface area contributed by atoms with Gasteiger partial charge in [-0.1, -0.05) is 0 Å². The van der Waals surface area contributed by atoms with E-state index in [1.165, 1.54) is 36.1 Å². The first-order valence-electron chi connectivity index (χ1n) is 7.39. The van der Waals surface area contributed by atoms with Gasteiger partial charge in [-0.3, -0.25) is 14.4 Å². The summed E-state index contributed by atoms with van der Waals surface area (Å²) in [5.41, 5.74) is 0.318. The molecule has 1 aromatic carbocycles. The van der Waals surface area contributed by atoms with Crippen molar-refractivity contribution in [2.24, 2.45) is 0 Å². The number of hydrogen-bond acceptors (Lipinski definition) is 4. The molecule has 0 fully saturated rings. The van der Waals surface area contributed by atoms with E-state index in [-0.39, 0.29) is 44.5 Å². The predicted molar refractivity (Wildman–Crippen MR) is 82.2 cm³/mol. The van der Waals surface area contributed by atoms with Gasteiger partial charge in [-0.2, -0.15) is 0 Å². The van der Waals surface area contributed by atoms with Crippen LogP contribution in [0.15, 0.2) is 24.3 Å². The summed E-state index contributed by atoms with van der Waals surface area (Å²) >= 11 is 0. The number of nitrogens with one attached hydrogen (secondary N) is 1. The molecule has 6 nitrogen and oxygen atoms in total. The monoisotopic (exact) mass is 324 g/mol. The zero-order valence-electron chi connectivity index (χ0n) is 13.3. The Kier molecular flexibility index (Phi) is 7.73. The molecule has 1 N–H and O–H groups in total. The molecule has 1 aromatic rings. The normalized spacial score (nSPS) is 10.0. The van der Waals surface area contributed by atoms with E-state index in [1.807, 2.05) is 0 Å². The van der Waals surface area contributed by atoms with Crippen LogP contribution in [0.3, 0.4) is 0 Å². The Morgan fingerprint density at radius 2 is 1.83 bits per heavy atom. The minimum Gasteiger partial charge on any atom is -0.466 e. The Hall–Kier alpha value is -2.44. The van der Waals surface area contributed by atoms with E-state index in [0.29, 0.717) is 5.56 Å². The van der Waals surface area contributed by atoms with Crippen molar-refractivity contribution < 1.29 is 23.5 Å². The van der Waals surface area contributed by atoms with E-state index < -0.39 is 11.8 Å². The van der Waals surface area contributed by atoms with E-state index in [2.05, 4.69) is 5.32 Å². The molecule has 0 spiro atoms. The Labute approximate surface area is 134 Å². The first-order chi connectivity index (χ1) is 10.9. The van der Waals surface area contributed by atoms with Crippen molar-refractivity contribution >= 4 is 17.8 Å². The molecule has 0 heterocycles. The van der Waals surface area contributed by atoms with Gasteiger partial charge in [-0.15, -0.1) is 0 Å². The third-order valence-corrected chi connectivity index (χ3v) is 3.03. The number of hydrogen-bond donors (Lipinski definition) is 1. The van der Waals surface area contributed by atoms with Gasteiger partial charge in [0, 0.05) is 32.1 Å². The van der Waals surface area contributed by atoms with E-state index in [0.717, 1.165) is 0 Å². The van der Waals surface area contributed by atoms with Crippen molar-refractivity contribution in [3.8, 4) is 0 Å². The number of nitrogens with zero attached hydrogens (tertiary/aromatic N) is 1. The van der Waals surface area contributed by atoms with E-state index in [4.69, 9.17) is 4.74 Å². The molecule has 0 atom stereocenters. The zero-order valence-corrected chi connectivity index (χ0v) is 13.3. The molecule has 7 heteroatoms. The molecule has 0 aliphatic carbocycles. The highest BCUT2D eigenvalue weighted by molar-refractivity contribution is 5.94. The van der Waals surface area contributed by atoms with Crippen LogP contribution in [-0.4, -0.2) is 48.9 Å². The van der Waals surface area contributed by atoms with Crippen molar-refractivity contribution in [3.63, 3.8) is 0 Å². The number of esters is 1. The molecule has 0 unspecified atom stereocenters. The van der Waals surface area contributed by atoms with Crippen LogP contribution in [0.2, 0.25) is 0 Å². The van der Waals surface area contributed by atoms with Gasteiger partial charge in [0.2, 0.25) is 5.91 Å². The minimum absolute atomic E-state index is 0.0564. The first-order valence-corrected chi connectivity index (χ1v) is 7.39. The van der Waals surface area contributed by atoms with Crippen LogP contribution < -0.4 is 5.32 Å². The summed E-state index contributed by atoms with van der Waals surface area (Å²) in [6.07, 6.45) is 0.0564. The summed E-state index contributed by atoms with van der Waals surface area (Å²) < 4.78 is 17.8. The molecule has 0 saturated carbocycles. The highest BCUT2D eigenvalue weighted by Crippen LogP contribution is 2.08. The zero-order chi connectivity index (χ0) is 17.2. The topological polar surface area (TPSA) is 75.7 Å². The van der Waals surface area contributed by atoms with Crippen LogP contribution >= 0.6 is 0 Å². The SMILES string of the molecule is CCOC(=O)CCN(CCNC(C)=O)C(=O)c1ccc(F)cc1. The number of halogens is 1. The maximum atomic E-state index is 12.9. The lowest BCUT2D eigenvalue weighted by Gasteiger charge is -2.22. The third kappa shape index (κ3) is 6.90. The summed E-state index contributed by atoms with van der Waals surface area (Å²) in [6, 6.07) is 5.16. The van der Waals surface area contributed by atoms with Gasteiger partial charge in [-0.05, 0) is 31.2 Å². The third-order valence-electron chi connectivity index (χ3n) is 3.03. The quantitative estimate of drug-likeness (QED) is 0.733. The molecule has 0 aliphatic heterocycles. The summed E-state index contributed by atoms with van der Waals surface area (Å²) in [5.74, 6) is -1.37. The first kappa shape index (κ1) is 18.6. The van der Waals surface area contributed by atoms with Crippen LogP contribution in [0.25, 0.3) is 0 Å². The summed E-state index contributed by atoms with van der Waals surface area (Å²) in [4.78, 5) is 36.2. The standard InChI is InChI=1S/C16H21FN2O4/c1-3-23-15(21)8-10-19(11-9-18-12(2)20)16(22)13-4-6-14(17)7-5-13/h4-7H,3,8-11H2,1-2H3,(H,18,20). The van der Waals surface area contributed by atoms with Crippen LogP contribution in [0.4, 0.5) is 4.39 Å². The molecular weight excluding hydrogens is 303 g/mol. The van der Waals surface area contributed by atoms with Crippen molar-refractivity contribution in [1.82, 2.24) is 10.2 Å².